The molecule has 21 heavy (non-hydrogen) atoms. The Morgan fingerprint density at radius 1 is 1.14 bits per heavy atom. The molecule has 3 N–H and O–H groups in total. The number of carboxylic acid groups (broad SMARTS) is 2. The summed E-state index contributed by atoms with van der Waals surface area (Å²) in [7, 11) is 0. The molecule has 7 nitrogen and oxygen atoms in total. The standard InChI is InChI=1S/C13H16N2O5.Mg/c14-9(6-8-4-2-1-3-5-8)12(18)15-10(13(19)20)7-11(16)17;/h1-5,9-10H,6-7,14H2,(H,15,18)(H,16,17)(H,19,20);/q;+2/p-2. The molecule has 8 heteroatoms. The minimum Gasteiger partial charge on any atom is -0.550 e. The van der Waals surface area contributed by atoms with Crippen LogP contribution in [0.5, 0.6) is 0 Å². The molecule has 1 aromatic rings. The number of carbonyl (C=O) groups excluding carboxylic acids is 3. The van der Waals surface area contributed by atoms with E-state index in [4.69, 9.17) is 5.73 Å². The second kappa shape index (κ2) is 9.32. The van der Waals surface area contributed by atoms with E-state index in [2.05, 4.69) is 0 Å². The molecule has 0 fully saturated rings. The van der Waals surface area contributed by atoms with Crippen LogP contribution in [-0.4, -0.2) is 53.0 Å². The first kappa shape index (κ1) is 19.4. The van der Waals surface area contributed by atoms with Crippen LogP contribution in [0.3, 0.4) is 0 Å². The van der Waals surface area contributed by atoms with Gasteiger partial charge in [-0.3, -0.25) is 4.79 Å². The number of hydrogen-bond acceptors (Lipinski definition) is 6. The van der Waals surface area contributed by atoms with E-state index in [9.17, 15) is 24.6 Å². The first-order valence-electron chi connectivity index (χ1n) is 5.90. The zero-order valence-corrected chi connectivity index (χ0v) is 12.7. The van der Waals surface area contributed by atoms with Crippen molar-refractivity contribution in [2.24, 2.45) is 5.73 Å². The van der Waals surface area contributed by atoms with Crippen molar-refractivity contribution in [3.8, 4) is 0 Å². The monoisotopic (exact) mass is 302 g/mol. The van der Waals surface area contributed by atoms with Gasteiger partial charge in [-0.05, 0) is 12.0 Å². The van der Waals surface area contributed by atoms with Crippen LogP contribution < -0.4 is 21.3 Å². The molecule has 0 saturated heterocycles. The van der Waals surface area contributed by atoms with Crippen LogP contribution >= 0.6 is 0 Å². The van der Waals surface area contributed by atoms with E-state index in [0.717, 1.165) is 5.56 Å². The van der Waals surface area contributed by atoms with E-state index in [1.54, 1.807) is 30.3 Å². The number of rotatable bonds is 7. The van der Waals surface area contributed by atoms with Gasteiger partial charge in [0.2, 0.25) is 5.91 Å². The minimum absolute atomic E-state index is 0. The number of nitrogens with one attached hydrogen (secondary N) is 1. The molecular weight excluding hydrogens is 288 g/mol. The summed E-state index contributed by atoms with van der Waals surface area (Å²) in [5.41, 5.74) is 6.45. The third-order valence-electron chi connectivity index (χ3n) is 2.61. The van der Waals surface area contributed by atoms with E-state index < -0.39 is 36.4 Å². The van der Waals surface area contributed by atoms with Gasteiger partial charge in [0.15, 0.2) is 0 Å². The van der Waals surface area contributed by atoms with Crippen LogP contribution in [0.25, 0.3) is 0 Å². The van der Waals surface area contributed by atoms with Crippen molar-refractivity contribution >= 4 is 40.9 Å². The molecule has 0 aromatic heterocycles. The Balaban J connectivity index is 0.00000400. The fraction of sp³-hybridized carbons (Fsp3) is 0.308. The summed E-state index contributed by atoms with van der Waals surface area (Å²) in [6.45, 7) is 0. The summed E-state index contributed by atoms with van der Waals surface area (Å²) in [4.78, 5) is 32.8. The number of benzene rings is 1. The summed E-state index contributed by atoms with van der Waals surface area (Å²) in [5.74, 6) is -4.06. The van der Waals surface area contributed by atoms with E-state index in [0.29, 0.717) is 0 Å². The molecule has 0 radical (unpaired) electrons. The summed E-state index contributed by atoms with van der Waals surface area (Å²) < 4.78 is 0. The smallest absolute Gasteiger partial charge is 0.550 e. The van der Waals surface area contributed by atoms with Gasteiger partial charge >= 0.3 is 23.1 Å². The number of carboxylic acids is 2. The topological polar surface area (TPSA) is 135 Å². The number of hydrogen-bond donors (Lipinski definition) is 2. The maximum absolute atomic E-state index is 11.7. The normalized spacial score (nSPS) is 12.6. The number of amides is 1. The van der Waals surface area contributed by atoms with Crippen molar-refractivity contribution in [1.82, 2.24) is 5.32 Å². The molecule has 0 heterocycles. The molecule has 0 saturated carbocycles. The van der Waals surface area contributed by atoms with Gasteiger partial charge in [0.1, 0.15) is 0 Å². The summed E-state index contributed by atoms with van der Waals surface area (Å²) in [6.07, 6.45) is -0.663. The SMILES string of the molecule is NC(Cc1ccccc1)C(=O)NC(CC(=O)[O-])C(=O)[O-].[Mg+2]. The molecule has 1 aromatic carbocycles. The molecule has 0 aliphatic heterocycles. The van der Waals surface area contributed by atoms with Gasteiger partial charge in [0.05, 0.1) is 18.1 Å². The zero-order valence-electron chi connectivity index (χ0n) is 11.3. The zero-order chi connectivity index (χ0) is 15.1. The van der Waals surface area contributed by atoms with Crippen LogP contribution in [0.2, 0.25) is 0 Å². The number of nitrogens with two attached hydrogens (primary N) is 1. The predicted molar refractivity (Wildman–Crippen MR) is 70.4 cm³/mol. The van der Waals surface area contributed by atoms with Crippen molar-refractivity contribution in [3.63, 3.8) is 0 Å². The van der Waals surface area contributed by atoms with Crippen LogP contribution in [0.1, 0.15) is 12.0 Å². The summed E-state index contributed by atoms with van der Waals surface area (Å²) in [5, 5.41) is 23.1. The first-order valence-corrected chi connectivity index (χ1v) is 5.90. The second-order valence-electron chi connectivity index (χ2n) is 4.25. The molecule has 0 aliphatic carbocycles. The Bertz CT molecular complexity index is 495. The minimum atomic E-state index is -1.70. The Morgan fingerprint density at radius 2 is 1.71 bits per heavy atom. The molecular formula is C13H14MgN2O5. The summed E-state index contributed by atoms with van der Waals surface area (Å²) >= 11 is 0. The van der Waals surface area contributed by atoms with E-state index >= 15 is 0 Å². The van der Waals surface area contributed by atoms with Gasteiger partial charge in [-0.1, -0.05) is 30.3 Å². The quantitative estimate of drug-likeness (QED) is 0.503. The van der Waals surface area contributed by atoms with Crippen LogP contribution in [-0.2, 0) is 20.8 Å². The fourth-order valence-corrected chi connectivity index (χ4v) is 1.60. The van der Waals surface area contributed by atoms with Crippen molar-refractivity contribution < 1.29 is 24.6 Å². The molecule has 0 bridgehead atoms. The molecule has 1 rings (SSSR count). The van der Waals surface area contributed by atoms with E-state index in [1.165, 1.54) is 0 Å². The predicted octanol–water partition coefficient (Wildman–Crippen LogP) is -3.45. The molecule has 108 valence electrons. The molecule has 1 amide bonds. The largest absolute Gasteiger partial charge is 2.00 e. The Hall–Kier alpha value is -1.64. The van der Waals surface area contributed by atoms with Gasteiger partial charge in [-0.15, -0.1) is 0 Å². The van der Waals surface area contributed by atoms with Crippen molar-refractivity contribution in [3.05, 3.63) is 35.9 Å². The third kappa shape index (κ3) is 7.07. The molecule has 2 atom stereocenters. The average Bonchev–Trinajstić information content (AvgIpc) is 2.38. The van der Waals surface area contributed by atoms with Gasteiger partial charge in [-0.25, -0.2) is 0 Å². The van der Waals surface area contributed by atoms with Crippen LogP contribution in [0.4, 0.5) is 0 Å². The van der Waals surface area contributed by atoms with Crippen molar-refractivity contribution in [1.29, 1.82) is 0 Å². The Labute approximate surface area is 137 Å². The van der Waals surface area contributed by atoms with E-state index in [1.807, 2.05) is 5.32 Å². The van der Waals surface area contributed by atoms with Gasteiger partial charge in [0.25, 0.3) is 0 Å². The summed E-state index contributed by atoms with van der Waals surface area (Å²) in [6, 6.07) is 6.26. The Morgan fingerprint density at radius 3 is 2.19 bits per heavy atom. The molecule has 0 aliphatic rings. The van der Waals surface area contributed by atoms with Gasteiger partial charge < -0.3 is 30.9 Å². The first-order chi connectivity index (χ1) is 9.40. The van der Waals surface area contributed by atoms with Crippen LogP contribution in [0.15, 0.2) is 30.3 Å². The average molecular weight is 303 g/mol. The second-order valence-corrected chi connectivity index (χ2v) is 4.25. The van der Waals surface area contributed by atoms with Gasteiger partial charge in [-0.2, -0.15) is 0 Å². The number of carbonyl (C=O) groups is 3. The maximum atomic E-state index is 11.7. The van der Waals surface area contributed by atoms with E-state index in [-0.39, 0.29) is 29.5 Å². The van der Waals surface area contributed by atoms with Gasteiger partial charge in [0, 0.05) is 12.4 Å². The van der Waals surface area contributed by atoms with Crippen molar-refractivity contribution in [2.75, 3.05) is 0 Å². The molecule has 0 spiro atoms. The third-order valence-corrected chi connectivity index (χ3v) is 2.61. The molecule has 2 unspecified atom stereocenters. The van der Waals surface area contributed by atoms with Crippen molar-refractivity contribution in [2.45, 2.75) is 24.9 Å². The Kier molecular flexibility index (Phi) is 8.59. The van der Waals surface area contributed by atoms with Crippen LogP contribution in [0, 0.1) is 0 Å². The maximum Gasteiger partial charge on any atom is 2.00 e. The number of aliphatic carboxylic acids is 2. The fourth-order valence-electron chi connectivity index (χ4n) is 1.60.